The van der Waals surface area contributed by atoms with E-state index in [1.807, 2.05) is 30.6 Å². The van der Waals surface area contributed by atoms with Gasteiger partial charge in [-0.3, -0.25) is 0 Å². The standard InChI is InChI=1S/C16H22ClN3O/c1-19(2)7-3-8-20-9-6-18-16(20)11-13-4-5-15(17)10-14(13)12-21/h4-6,9-10,21H,3,7-8,11-12H2,1-2H3. The van der Waals surface area contributed by atoms with Crippen molar-refractivity contribution in [2.45, 2.75) is 26.0 Å². The lowest BCUT2D eigenvalue weighted by molar-refractivity contribution is 0.280. The van der Waals surface area contributed by atoms with E-state index in [0.717, 1.165) is 36.5 Å². The van der Waals surface area contributed by atoms with Crippen LogP contribution < -0.4 is 0 Å². The van der Waals surface area contributed by atoms with Crippen molar-refractivity contribution in [1.82, 2.24) is 14.5 Å². The fourth-order valence-electron chi connectivity index (χ4n) is 2.35. The first-order valence-corrected chi connectivity index (χ1v) is 7.51. The van der Waals surface area contributed by atoms with Crippen LogP contribution in [-0.4, -0.2) is 40.2 Å². The zero-order valence-electron chi connectivity index (χ0n) is 12.6. The second kappa shape index (κ2) is 7.59. The van der Waals surface area contributed by atoms with Gasteiger partial charge in [-0.2, -0.15) is 0 Å². The van der Waals surface area contributed by atoms with Gasteiger partial charge in [-0.25, -0.2) is 4.98 Å². The maximum Gasteiger partial charge on any atom is 0.113 e. The van der Waals surface area contributed by atoms with Crippen molar-refractivity contribution in [2.75, 3.05) is 20.6 Å². The smallest absolute Gasteiger partial charge is 0.113 e. The molecule has 0 aliphatic heterocycles. The van der Waals surface area contributed by atoms with Crippen molar-refractivity contribution in [3.8, 4) is 0 Å². The first kappa shape index (κ1) is 16.0. The highest BCUT2D eigenvalue weighted by atomic mass is 35.5. The van der Waals surface area contributed by atoms with Crippen molar-refractivity contribution < 1.29 is 5.11 Å². The number of nitrogens with zero attached hydrogens (tertiary/aromatic N) is 3. The predicted molar refractivity (Wildman–Crippen MR) is 85.6 cm³/mol. The molecule has 1 aromatic carbocycles. The molecule has 2 aromatic rings. The van der Waals surface area contributed by atoms with Gasteiger partial charge >= 0.3 is 0 Å². The molecular weight excluding hydrogens is 286 g/mol. The molecule has 0 spiro atoms. The van der Waals surface area contributed by atoms with E-state index < -0.39 is 0 Å². The van der Waals surface area contributed by atoms with Gasteiger partial charge in [0.15, 0.2) is 0 Å². The number of aliphatic hydroxyl groups is 1. The van der Waals surface area contributed by atoms with Crippen LogP contribution in [0.25, 0.3) is 0 Å². The Kier molecular flexibility index (Phi) is 5.79. The van der Waals surface area contributed by atoms with E-state index in [-0.39, 0.29) is 6.61 Å². The lowest BCUT2D eigenvalue weighted by atomic mass is 10.0. The maximum atomic E-state index is 9.45. The Balaban J connectivity index is 2.08. The lowest BCUT2D eigenvalue weighted by Crippen LogP contribution is -2.15. The van der Waals surface area contributed by atoms with E-state index in [2.05, 4.69) is 28.5 Å². The Bertz CT molecular complexity index is 581. The van der Waals surface area contributed by atoms with Crippen LogP contribution in [0.3, 0.4) is 0 Å². The number of aromatic nitrogens is 2. The molecule has 4 nitrogen and oxygen atoms in total. The first-order chi connectivity index (χ1) is 10.1. The normalized spacial score (nSPS) is 11.3. The van der Waals surface area contributed by atoms with E-state index in [1.54, 1.807) is 0 Å². The number of halogens is 1. The summed E-state index contributed by atoms with van der Waals surface area (Å²) >= 11 is 5.97. The highest BCUT2D eigenvalue weighted by Crippen LogP contribution is 2.19. The molecule has 1 N–H and O–H groups in total. The molecule has 21 heavy (non-hydrogen) atoms. The zero-order valence-corrected chi connectivity index (χ0v) is 13.3. The molecule has 114 valence electrons. The number of benzene rings is 1. The number of hydrogen-bond donors (Lipinski definition) is 1. The van der Waals surface area contributed by atoms with Crippen LogP contribution in [0.5, 0.6) is 0 Å². The van der Waals surface area contributed by atoms with Crippen molar-refractivity contribution >= 4 is 11.6 Å². The zero-order chi connectivity index (χ0) is 15.2. The molecular formula is C16H22ClN3O. The van der Waals surface area contributed by atoms with Crippen LogP contribution in [0.15, 0.2) is 30.6 Å². The molecule has 0 radical (unpaired) electrons. The number of hydrogen-bond acceptors (Lipinski definition) is 3. The van der Waals surface area contributed by atoms with Gasteiger partial charge in [0.05, 0.1) is 6.61 Å². The second-order valence-electron chi connectivity index (χ2n) is 5.44. The summed E-state index contributed by atoms with van der Waals surface area (Å²) in [5.41, 5.74) is 1.94. The molecule has 1 aromatic heterocycles. The SMILES string of the molecule is CN(C)CCCn1ccnc1Cc1ccc(Cl)cc1CO. The van der Waals surface area contributed by atoms with Crippen LogP contribution in [0.2, 0.25) is 5.02 Å². The van der Waals surface area contributed by atoms with Crippen LogP contribution in [0.4, 0.5) is 0 Å². The lowest BCUT2D eigenvalue weighted by Gasteiger charge is -2.12. The molecule has 0 saturated heterocycles. The molecule has 0 aliphatic carbocycles. The number of imidazole rings is 1. The topological polar surface area (TPSA) is 41.3 Å². The largest absolute Gasteiger partial charge is 0.392 e. The molecule has 2 rings (SSSR count). The van der Waals surface area contributed by atoms with Gasteiger partial charge < -0.3 is 14.6 Å². The Hall–Kier alpha value is -1.36. The summed E-state index contributed by atoms with van der Waals surface area (Å²) < 4.78 is 2.18. The summed E-state index contributed by atoms with van der Waals surface area (Å²) in [5.74, 6) is 1.02. The Morgan fingerprint density at radius 3 is 2.81 bits per heavy atom. The molecule has 0 atom stereocenters. The summed E-state index contributed by atoms with van der Waals surface area (Å²) in [6.45, 7) is 2.01. The van der Waals surface area contributed by atoms with Gasteiger partial charge in [-0.15, -0.1) is 0 Å². The van der Waals surface area contributed by atoms with E-state index in [1.165, 1.54) is 0 Å². The highest BCUT2D eigenvalue weighted by molar-refractivity contribution is 6.30. The Morgan fingerprint density at radius 1 is 1.29 bits per heavy atom. The van der Waals surface area contributed by atoms with Crippen LogP contribution in [-0.2, 0) is 19.6 Å². The minimum atomic E-state index is -0.00275. The Morgan fingerprint density at radius 2 is 2.10 bits per heavy atom. The van der Waals surface area contributed by atoms with Crippen molar-refractivity contribution in [2.24, 2.45) is 0 Å². The molecule has 1 heterocycles. The van der Waals surface area contributed by atoms with Gasteiger partial charge in [0.2, 0.25) is 0 Å². The third-order valence-electron chi connectivity index (χ3n) is 3.49. The third-order valence-corrected chi connectivity index (χ3v) is 3.73. The number of rotatable bonds is 7. The number of aryl methyl sites for hydroxylation is 1. The third kappa shape index (κ3) is 4.56. The first-order valence-electron chi connectivity index (χ1n) is 7.13. The van der Waals surface area contributed by atoms with E-state index >= 15 is 0 Å². The van der Waals surface area contributed by atoms with E-state index in [4.69, 9.17) is 11.6 Å². The summed E-state index contributed by atoms with van der Waals surface area (Å²) in [5, 5.41) is 10.1. The summed E-state index contributed by atoms with van der Waals surface area (Å²) in [6, 6.07) is 5.64. The minimum Gasteiger partial charge on any atom is -0.392 e. The van der Waals surface area contributed by atoms with Gasteiger partial charge in [-0.1, -0.05) is 17.7 Å². The Labute approximate surface area is 131 Å². The van der Waals surface area contributed by atoms with Gasteiger partial charge in [0.25, 0.3) is 0 Å². The fraction of sp³-hybridized carbons (Fsp3) is 0.438. The van der Waals surface area contributed by atoms with Crippen LogP contribution >= 0.6 is 11.6 Å². The monoisotopic (exact) mass is 307 g/mol. The minimum absolute atomic E-state index is 0.00275. The number of aliphatic hydroxyl groups excluding tert-OH is 1. The second-order valence-corrected chi connectivity index (χ2v) is 5.88. The average Bonchev–Trinajstić information content (AvgIpc) is 2.88. The van der Waals surface area contributed by atoms with Gasteiger partial charge in [-0.05, 0) is 50.3 Å². The molecule has 5 heteroatoms. The highest BCUT2D eigenvalue weighted by Gasteiger charge is 2.08. The van der Waals surface area contributed by atoms with Gasteiger partial charge in [0, 0.05) is 30.4 Å². The average molecular weight is 308 g/mol. The fourth-order valence-corrected chi connectivity index (χ4v) is 2.55. The summed E-state index contributed by atoms with van der Waals surface area (Å²) in [4.78, 5) is 6.62. The van der Waals surface area contributed by atoms with Crippen molar-refractivity contribution in [3.63, 3.8) is 0 Å². The quantitative estimate of drug-likeness (QED) is 0.855. The van der Waals surface area contributed by atoms with Crippen LogP contribution in [0.1, 0.15) is 23.4 Å². The van der Waals surface area contributed by atoms with E-state index in [0.29, 0.717) is 11.4 Å². The van der Waals surface area contributed by atoms with Crippen molar-refractivity contribution in [1.29, 1.82) is 0 Å². The molecule has 0 saturated carbocycles. The molecule has 0 aliphatic rings. The van der Waals surface area contributed by atoms with Crippen LogP contribution in [0, 0.1) is 0 Å². The summed E-state index contributed by atoms with van der Waals surface area (Å²) in [6.07, 6.45) is 5.64. The summed E-state index contributed by atoms with van der Waals surface area (Å²) in [7, 11) is 4.16. The maximum absolute atomic E-state index is 9.45. The molecule has 0 unspecified atom stereocenters. The van der Waals surface area contributed by atoms with E-state index in [9.17, 15) is 5.11 Å². The van der Waals surface area contributed by atoms with Crippen molar-refractivity contribution in [3.05, 3.63) is 52.6 Å². The predicted octanol–water partition coefficient (Wildman–Crippen LogP) is 2.57. The van der Waals surface area contributed by atoms with Gasteiger partial charge in [0.1, 0.15) is 5.82 Å². The molecule has 0 bridgehead atoms. The molecule has 0 amide bonds. The molecule has 0 fully saturated rings.